The van der Waals surface area contributed by atoms with Gasteiger partial charge in [0.25, 0.3) is 0 Å². The first-order valence-corrected chi connectivity index (χ1v) is 9.47. The van der Waals surface area contributed by atoms with Crippen LogP contribution in [0.4, 0.5) is 0 Å². The summed E-state index contributed by atoms with van der Waals surface area (Å²) in [6, 6.07) is 1.91. The molecule has 5 heterocycles. The van der Waals surface area contributed by atoms with E-state index in [-0.39, 0.29) is 0 Å². The van der Waals surface area contributed by atoms with Gasteiger partial charge in [0, 0.05) is 37.8 Å². The molecule has 8 nitrogen and oxygen atoms in total. The molecule has 3 aromatic rings. The van der Waals surface area contributed by atoms with Crippen molar-refractivity contribution in [2.24, 2.45) is 24.8 Å². The quantitative estimate of drug-likeness (QED) is 0.481. The molecule has 0 spiro atoms. The number of hydrogen-bond acceptors (Lipinski definition) is 6. The van der Waals surface area contributed by atoms with E-state index in [1.54, 1.807) is 21.6 Å². The maximum atomic E-state index is 11.0. The van der Waals surface area contributed by atoms with Crippen molar-refractivity contribution >= 4 is 11.8 Å². The molecule has 2 aliphatic heterocycles. The molecule has 1 saturated carbocycles. The molecule has 0 aromatic carbocycles. The molecule has 1 aliphatic carbocycles. The number of piperidine rings is 2. The van der Waals surface area contributed by atoms with Crippen LogP contribution in [0.5, 0.6) is 5.88 Å². The zero-order valence-electron chi connectivity index (χ0n) is 15.7. The largest absolute Gasteiger partial charge is 0.476 e. The molecular formula is C20H22N6O2. The first-order valence-electron chi connectivity index (χ1n) is 9.47. The molecule has 0 N–H and O–H groups in total. The van der Waals surface area contributed by atoms with Gasteiger partial charge in [-0.15, -0.1) is 0 Å². The molecule has 0 amide bonds. The number of rotatable bonds is 6. The summed E-state index contributed by atoms with van der Waals surface area (Å²) in [5.74, 6) is 2.16. The van der Waals surface area contributed by atoms with Gasteiger partial charge in [0.15, 0.2) is 6.29 Å². The smallest absolute Gasteiger partial charge is 0.240 e. The second kappa shape index (κ2) is 6.47. The van der Waals surface area contributed by atoms with E-state index in [2.05, 4.69) is 21.7 Å². The highest BCUT2D eigenvalue weighted by molar-refractivity contribution is 5.71. The summed E-state index contributed by atoms with van der Waals surface area (Å²) in [6.07, 6.45) is 9.39. The van der Waals surface area contributed by atoms with E-state index < -0.39 is 0 Å². The lowest BCUT2D eigenvalue weighted by molar-refractivity contribution is -0.108. The van der Waals surface area contributed by atoms with Crippen LogP contribution in [0.2, 0.25) is 0 Å². The van der Waals surface area contributed by atoms with Crippen LogP contribution in [0, 0.1) is 17.8 Å². The Morgan fingerprint density at radius 3 is 2.86 bits per heavy atom. The molecule has 28 heavy (non-hydrogen) atoms. The SMILES string of the molecule is C=C(C=O)N1CC2CC(C1)C2COc1nc(-c2cnn(C)c2)cn2nccc12. The van der Waals surface area contributed by atoms with Crippen molar-refractivity contribution in [1.29, 1.82) is 0 Å². The van der Waals surface area contributed by atoms with Crippen molar-refractivity contribution in [3.63, 3.8) is 0 Å². The lowest BCUT2D eigenvalue weighted by Gasteiger charge is -2.54. The summed E-state index contributed by atoms with van der Waals surface area (Å²) in [7, 11) is 1.88. The lowest BCUT2D eigenvalue weighted by Crippen LogP contribution is -2.56. The molecule has 8 heteroatoms. The van der Waals surface area contributed by atoms with E-state index in [4.69, 9.17) is 9.72 Å². The van der Waals surface area contributed by atoms with Gasteiger partial charge in [-0.1, -0.05) is 6.58 Å². The highest BCUT2D eigenvalue weighted by Gasteiger charge is 2.47. The van der Waals surface area contributed by atoms with E-state index in [9.17, 15) is 4.79 Å². The maximum absolute atomic E-state index is 11.0. The van der Waals surface area contributed by atoms with Gasteiger partial charge in [-0.05, 0) is 24.3 Å². The molecule has 2 atom stereocenters. The number of carbonyl (C=O) groups is 1. The molecular weight excluding hydrogens is 356 g/mol. The van der Waals surface area contributed by atoms with Crippen LogP contribution in [0.15, 0.2) is 43.1 Å². The minimum absolute atomic E-state index is 0.488. The first-order chi connectivity index (χ1) is 13.6. The first kappa shape index (κ1) is 17.0. The lowest BCUT2D eigenvalue weighted by atomic mass is 9.62. The molecule has 3 aromatic heterocycles. The predicted octanol–water partition coefficient (Wildman–Crippen LogP) is 1.79. The van der Waals surface area contributed by atoms with Gasteiger partial charge in [0.2, 0.25) is 5.88 Å². The van der Waals surface area contributed by atoms with Gasteiger partial charge in [0.05, 0.1) is 36.6 Å². The Bertz CT molecular complexity index is 1040. The zero-order valence-corrected chi connectivity index (χ0v) is 15.7. The van der Waals surface area contributed by atoms with Gasteiger partial charge < -0.3 is 9.64 Å². The van der Waals surface area contributed by atoms with E-state index >= 15 is 0 Å². The molecule has 3 fully saturated rings. The van der Waals surface area contributed by atoms with Crippen LogP contribution < -0.4 is 4.74 Å². The van der Waals surface area contributed by atoms with Gasteiger partial charge >= 0.3 is 0 Å². The third-order valence-corrected chi connectivity index (χ3v) is 6.04. The van der Waals surface area contributed by atoms with Crippen LogP contribution >= 0.6 is 0 Å². The Morgan fingerprint density at radius 2 is 2.14 bits per heavy atom. The van der Waals surface area contributed by atoms with Crippen molar-refractivity contribution in [3.8, 4) is 17.1 Å². The zero-order chi connectivity index (χ0) is 19.3. The molecule has 2 bridgehead atoms. The van der Waals surface area contributed by atoms with Crippen LogP contribution in [-0.2, 0) is 11.8 Å². The van der Waals surface area contributed by atoms with E-state index in [0.717, 1.165) is 36.1 Å². The number of carbonyl (C=O) groups excluding carboxylic acids is 1. The fourth-order valence-corrected chi connectivity index (χ4v) is 4.44. The summed E-state index contributed by atoms with van der Waals surface area (Å²) in [6.45, 7) is 6.23. The summed E-state index contributed by atoms with van der Waals surface area (Å²) in [5, 5.41) is 8.57. The van der Waals surface area contributed by atoms with Crippen LogP contribution in [-0.4, -0.2) is 55.3 Å². The van der Waals surface area contributed by atoms with Gasteiger partial charge in [-0.25, -0.2) is 9.50 Å². The molecule has 3 aliphatic rings. The average Bonchev–Trinajstić information content (AvgIpc) is 3.36. The Balaban J connectivity index is 1.34. The predicted molar refractivity (Wildman–Crippen MR) is 103 cm³/mol. The number of nitrogens with zero attached hydrogens (tertiary/aromatic N) is 6. The Hall–Kier alpha value is -3.16. The minimum atomic E-state index is 0.488. The highest BCUT2D eigenvalue weighted by atomic mass is 16.5. The third kappa shape index (κ3) is 2.76. The number of hydrogen-bond donors (Lipinski definition) is 0. The number of aryl methyl sites for hydroxylation is 1. The summed E-state index contributed by atoms with van der Waals surface area (Å²) in [5.41, 5.74) is 3.14. The van der Waals surface area contributed by atoms with Crippen molar-refractivity contribution in [2.75, 3.05) is 19.7 Å². The van der Waals surface area contributed by atoms with Crippen LogP contribution in [0.1, 0.15) is 6.42 Å². The summed E-state index contributed by atoms with van der Waals surface area (Å²) < 4.78 is 9.74. The van der Waals surface area contributed by atoms with E-state index in [1.165, 1.54) is 6.42 Å². The summed E-state index contributed by atoms with van der Waals surface area (Å²) in [4.78, 5) is 17.8. The third-order valence-electron chi connectivity index (χ3n) is 6.04. The number of fused-ring (bicyclic) bond motifs is 3. The van der Waals surface area contributed by atoms with Crippen LogP contribution in [0.3, 0.4) is 0 Å². The van der Waals surface area contributed by atoms with Crippen molar-refractivity contribution < 1.29 is 9.53 Å². The number of ether oxygens (including phenoxy) is 1. The standard InChI is InChI=1S/C20H22N6O2/c1-13(11-27)25-8-14-5-15(9-25)17(14)12-28-20-19-3-4-21-26(19)10-18(23-20)16-6-22-24(2)7-16/h3-4,6-7,10-11,14-15,17H,1,5,8-9,12H2,2H3. The van der Waals surface area contributed by atoms with E-state index in [0.29, 0.717) is 35.9 Å². The molecule has 2 unspecified atom stereocenters. The normalized spacial score (nSPS) is 23.5. The Kier molecular flexibility index (Phi) is 3.92. The molecule has 6 rings (SSSR count). The molecule has 2 saturated heterocycles. The number of aldehydes is 1. The van der Waals surface area contributed by atoms with Crippen LogP contribution in [0.25, 0.3) is 16.8 Å². The maximum Gasteiger partial charge on any atom is 0.240 e. The van der Waals surface area contributed by atoms with E-state index in [1.807, 2.05) is 25.5 Å². The number of aromatic nitrogens is 5. The molecule has 144 valence electrons. The minimum Gasteiger partial charge on any atom is -0.476 e. The average molecular weight is 378 g/mol. The van der Waals surface area contributed by atoms with Gasteiger partial charge in [-0.2, -0.15) is 10.2 Å². The second-order valence-corrected chi connectivity index (χ2v) is 7.74. The Morgan fingerprint density at radius 1 is 1.32 bits per heavy atom. The highest BCUT2D eigenvalue weighted by Crippen LogP contribution is 2.46. The monoisotopic (exact) mass is 378 g/mol. The number of allylic oxidation sites excluding steroid dienone is 1. The van der Waals surface area contributed by atoms with Crippen molar-refractivity contribution in [1.82, 2.24) is 29.3 Å². The Labute approximate surface area is 162 Å². The van der Waals surface area contributed by atoms with Gasteiger partial charge in [-0.3, -0.25) is 9.48 Å². The van der Waals surface area contributed by atoms with Crippen molar-refractivity contribution in [3.05, 3.63) is 43.1 Å². The summed E-state index contributed by atoms with van der Waals surface area (Å²) >= 11 is 0. The fraction of sp³-hybridized carbons (Fsp3) is 0.400. The van der Waals surface area contributed by atoms with Gasteiger partial charge in [0.1, 0.15) is 5.52 Å². The fourth-order valence-electron chi connectivity index (χ4n) is 4.44. The van der Waals surface area contributed by atoms with Crippen molar-refractivity contribution in [2.45, 2.75) is 6.42 Å². The topological polar surface area (TPSA) is 77.6 Å². The second-order valence-electron chi connectivity index (χ2n) is 7.74. The molecule has 0 radical (unpaired) electrons.